The van der Waals surface area contributed by atoms with E-state index >= 15 is 0 Å². The summed E-state index contributed by atoms with van der Waals surface area (Å²) in [7, 11) is 0. The van der Waals surface area contributed by atoms with Crippen LogP contribution in [-0.4, -0.2) is 21.9 Å². The molecule has 6 nitrogen and oxygen atoms in total. The Balaban J connectivity index is 1.43. The van der Waals surface area contributed by atoms with Crippen LogP contribution in [0.4, 0.5) is 11.5 Å². The highest BCUT2D eigenvalue weighted by atomic mass is 16.5. The largest absolute Gasteiger partial charge is 0.438 e. The summed E-state index contributed by atoms with van der Waals surface area (Å²) in [4.78, 5) is 21.2. The van der Waals surface area contributed by atoms with E-state index in [2.05, 4.69) is 20.6 Å². The number of hydrogen-bond donors (Lipinski definition) is 2. The number of ether oxygens (including phenoxy) is 1. The molecule has 1 saturated carbocycles. The number of aromatic nitrogens is 2. The molecule has 6 heteroatoms. The van der Waals surface area contributed by atoms with E-state index in [9.17, 15) is 4.79 Å². The first-order chi connectivity index (χ1) is 14.3. The van der Waals surface area contributed by atoms with Crippen LogP contribution in [0.25, 0.3) is 0 Å². The van der Waals surface area contributed by atoms with Crippen molar-refractivity contribution in [2.45, 2.75) is 38.1 Å². The SMILES string of the molecule is O=C(NC1CCCCC1)c1cccnc1Oc1ccc(Nc2ccccn2)cc1. The molecule has 0 aliphatic heterocycles. The van der Waals surface area contributed by atoms with Crippen molar-refractivity contribution in [2.75, 3.05) is 5.32 Å². The van der Waals surface area contributed by atoms with Crippen molar-refractivity contribution >= 4 is 17.4 Å². The van der Waals surface area contributed by atoms with Gasteiger partial charge in [0, 0.05) is 24.1 Å². The molecule has 0 bridgehead atoms. The summed E-state index contributed by atoms with van der Waals surface area (Å²) >= 11 is 0. The van der Waals surface area contributed by atoms with Gasteiger partial charge in [0.05, 0.1) is 0 Å². The van der Waals surface area contributed by atoms with Gasteiger partial charge in [-0.15, -0.1) is 0 Å². The number of carbonyl (C=O) groups is 1. The van der Waals surface area contributed by atoms with Crippen molar-refractivity contribution in [1.82, 2.24) is 15.3 Å². The minimum Gasteiger partial charge on any atom is -0.438 e. The first-order valence-corrected chi connectivity index (χ1v) is 10.00. The normalized spacial score (nSPS) is 14.2. The molecule has 0 radical (unpaired) electrons. The van der Waals surface area contributed by atoms with Crippen molar-refractivity contribution in [3.05, 3.63) is 72.6 Å². The molecule has 0 unspecified atom stereocenters. The maximum Gasteiger partial charge on any atom is 0.257 e. The third-order valence-corrected chi connectivity index (χ3v) is 4.96. The lowest BCUT2D eigenvalue weighted by atomic mass is 9.95. The second kappa shape index (κ2) is 9.19. The summed E-state index contributed by atoms with van der Waals surface area (Å²) in [6.45, 7) is 0. The lowest BCUT2D eigenvalue weighted by Gasteiger charge is -2.23. The number of amides is 1. The molecule has 1 amide bonds. The lowest BCUT2D eigenvalue weighted by molar-refractivity contribution is 0.0924. The van der Waals surface area contributed by atoms with Crippen molar-refractivity contribution < 1.29 is 9.53 Å². The van der Waals surface area contributed by atoms with Crippen LogP contribution in [0.1, 0.15) is 42.5 Å². The van der Waals surface area contributed by atoms with Gasteiger partial charge in [-0.3, -0.25) is 4.79 Å². The number of nitrogens with zero attached hydrogens (tertiary/aromatic N) is 2. The molecule has 0 saturated heterocycles. The molecule has 4 rings (SSSR count). The average molecular weight is 388 g/mol. The number of anilines is 2. The van der Waals surface area contributed by atoms with Crippen LogP contribution < -0.4 is 15.4 Å². The number of rotatable bonds is 6. The molecule has 0 spiro atoms. The molecular formula is C23H24N4O2. The highest BCUT2D eigenvalue weighted by Gasteiger charge is 2.20. The maximum atomic E-state index is 12.7. The van der Waals surface area contributed by atoms with Crippen LogP contribution in [0.2, 0.25) is 0 Å². The molecule has 2 heterocycles. The standard InChI is InChI=1S/C23H24N4O2/c28-22(27-17-7-2-1-3-8-17)20-9-6-16-25-23(20)29-19-13-11-18(12-14-19)26-21-10-4-5-15-24-21/h4-6,9-17H,1-3,7-8H2,(H,24,26)(H,27,28). The second-order valence-electron chi connectivity index (χ2n) is 7.13. The zero-order chi connectivity index (χ0) is 19.9. The third kappa shape index (κ3) is 5.10. The van der Waals surface area contributed by atoms with Gasteiger partial charge in [0.1, 0.15) is 17.1 Å². The number of carbonyl (C=O) groups excluding carboxylic acids is 1. The van der Waals surface area contributed by atoms with Gasteiger partial charge in [-0.25, -0.2) is 9.97 Å². The van der Waals surface area contributed by atoms with Crippen LogP contribution >= 0.6 is 0 Å². The summed E-state index contributed by atoms with van der Waals surface area (Å²) in [5, 5.41) is 6.35. The van der Waals surface area contributed by atoms with Crippen molar-refractivity contribution in [1.29, 1.82) is 0 Å². The summed E-state index contributed by atoms with van der Waals surface area (Å²) in [5.74, 6) is 1.56. The Bertz CT molecular complexity index is 939. The average Bonchev–Trinajstić information content (AvgIpc) is 2.77. The maximum absolute atomic E-state index is 12.7. The van der Waals surface area contributed by atoms with Gasteiger partial charge >= 0.3 is 0 Å². The van der Waals surface area contributed by atoms with Crippen LogP contribution in [0, 0.1) is 0 Å². The van der Waals surface area contributed by atoms with Crippen molar-refractivity contribution in [2.24, 2.45) is 0 Å². The van der Waals surface area contributed by atoms with Gasteiger partial charge in [-0.05, 0) is 61.4 Å². The lowest BCUT2D eigenvalue weighted by Crippen LogP contribution is -2.36. The predicted molar refractivity (Wildman–Crippen MR) is 113 cm³/mol. The summed E-state index contributed by atoms with van der Waals surface area (Å²) in [6.07, 6.45) is 9.02. The molecule has 2 aromatic heterocycles. The van der Waals surface area contributed by atoms with Gasteiger partial charge in [-0.2, -0.15) is 0 Å². The summed E-state index contributed by atoms with van der Waals surface area (Å²) < 4.78 is 5.91. The zero-order valence-corrected chi connectivity index (χ0v) is 16.2. The Kier molecular flexibility index (Phi) is 6.00. The number of benzene rings is 1. The molecule has 0 atom stereocenters. The molecule has 148 valence electrons. The van der Waals surface area contributed by atoms with Gasteiger partial charge in [-0.1, -0.05) is 25.3 Å². The third-order valence-electron chi connectivity index (χ3n) is 4.96. The van der Waals surface area contributed by atoms with Crippen molar-refractivity contribution in [3.8, 4) is 11.6 Å². The Morgan fingerprint density at radius 3 is 2.45 bits per heavy atom. The van der Waals surface area contributed by atoms with Crippen LogP contribution in [0.15, 0.2) is 67.0 Å². The first-order valence-electron chi connectivity index (χ1n) is 10.00. The molecule has 1 aromatic carbocycles. The van der Waals surface area contributed by atoms with Crippen LogP contribution in [0.5, 0.6) is 11.6 Å². The van der Waals surface area contributed by atoms with Gasteiger partial charge < -0.3 is 15.4 Å². The summed E-state index contributed by atoms with van der Waals surface area (Å²) in [6, 6.07) is 16.9. The van der Waals surface area contributed by atoms with E-state index in [4.69, 9.17) is 4.74 Å². The van der Waals surface area contributed by atoms with E-state index in [1.165, 1.54) is 19.3 Å². The fraction of sp³-hybridized carbons (Fsp3) is 0.261. The first kappa shape index (κ1) is 18.9. The van der Waals surface area contributed by atoms with E-state index in [0.717, 1.165) is 24.3 Å². The zero-order valence-electron chi connectivity index (χ0n) is 16.2. The van der Waals surface area contributed by atoms with E-state index in [1.54, 1.807) is 24.5 Å². The van der Waals surface area contributed by atoms with E-state index < -0.39 is 0 Å². The quantitative estimate of drug-likeness (QED) is 0.616. The van der Waals surface area contributed by atoms with Gasteiger partial charge in [0.2, 0.25) is 5.88 Å². The molecule has 1 aliphatic rings. The van der Waals surface area contributed by atoms with E-state index in [0.29, 0.717) is 17.2 Å². The van der Waals surface area contributed by atoms with Crippen molar-refractivity contribution in [3.63, 3.8) is 0 Å². The highest BCUT2D eigenvalue weighted by molar-refractivity contribution is 5.96. The number of nitrogens with one attached hydrogen (secondary N) is 2. The van der Waals surface area contributed by atoms with Gasteiger partial charge in [0.15, 0.2) is 0 Å². The van der Waals surface area contributed by atoms with E-state index in [1.807, 2.05) is 42.5 Å². The smallest absolute Gasteiger partial charge is 0.257 e. The monoisotopic (exact) mass is 388 g/mol. The highest BCUT2D eigenvalue weighted by Crippen LogP contribution is 2.26. The Morgan fingerprint density at radius 2 is 1.69 bits per heavy atom. The fourth-order valence-corrected chi connectivity index (χ4v) is 3.46. The fourth-order valence-electron chi connectivity index (χ4n) is 3.46. The predicted octanol–water partition coefficient (Wildman–Crippen LogP) is 5.08. The minimum absolute atomic E-state index is 0.131. The van der Waals surface area contributed by atoms with E-state index in [-0.39, 0.29) is 11.9 Å². The van der Waals surface area contributed by atoms with Gasteiger partial charge in [0.25, 0.3) is 5.91 Å². The molecule has 1 fully saturated rings. The van der Waals surface area contributed by atoms with Crippen LogP contribution in [-0.2, 0) is 0 Å². The Hall–Kier alpha value is -3.41. The molecule has 29 heavy (non-hydrogen) atoms. The molecule has 2 N–H and O–H groups in total. The molecular weight excluding hydrogens is 364 g/mol. The minimum atomic E-state index is -0.131. The number of pyridine rings is 2. The number of hydrogen-bond acceptors (Lipinski definition) is 5. The van der Waals surface area contributed by atoms with Crippen LogP contribution in [0.3, 0.4) is 0 Å². The topological polar surface area (TPSA) is 76.1 Å². The Morgan fingerprint density at radius 1 is 0.897 bits per heavy atom. The molecule has 3 aromatic rings. The molecule has 1 aliphatic carbocycles. The second-order valence-corrected chi connectivity index (χ2v) is 7.13. The summed E-state index contributed by atoms with van der Waals surface area (Å²) in [5.41, 5.74) is 1.35. The Labute approximate surface area is 170 Å².